The first-order valence-corrected chi connectivity index (χ1v) is 6.39. The van der Waals surface area contributed by atoms with Crippen LogP contribution in [0.15, 0.2) is 18.2 Å². The number of ether oxygens (including phenoxy) is 1. The Kier molecular flexibility index (Phi) is 3.69. The Morgan fingerprint density at radius 1 is 1.11 bits per heavy atom. The third-order valence-electron chi connectivity index (χ3n) is 3.17. The number of rotatable bonds is 3. The minimum absolute atomic E-state index is 0.435. The van der Waals surface area contributed by atoms with E-state index in [1.807, 2.05) is 26.8 Å². The van der Waals surface area contributed by atoms with Gasteiger partial charge in [0, 0.05) is 12.5 Å². The predicted octanol–water partition coefficient (Wildman–Crippen LogP) is 3.34. The summed E-state index contributed by atoms with van der Waals surface area (Å²) < 4.78 is 5.91. The number of aryl methyl sites for hydroxylation is 3. The summed E-state index contributed by atoms with van der Waals surface area (Å²) in [5.41, 5.74) is 9.16. The van der Waals surface area contributed by atoms with Gasteiger partial charge < -0.3 is 10.5 Å². The smallest absolute Gasteiger partial charge is 0.224 e. The topological polar surface area (TPSA) is 61.0 Å². The number of nitrogens with zero attached hydrogens (tertiary/aromatic N) is 2. The van der Waals surface area contributed by atoms with Crippen LogP contribution in [0.5, 0.6) is 11.6 Å². The van der Waals surface area contributed by atoms with Gasteiger partial charge in [0.1, 0.15) is 17.4 Å². The fourth-order valence-corrected chi connectivity index (χ4v) is 1.89. The molecule has 0 spiro atoms. The second-order valence-electron chi connectivity index (χ2n) is 4.66. The predicted molar refractivity (Wildman–Crippen MR) is 76.5 cm³/mol. The number of nitrogens with two attached hydrogens (primary N) is 1. The van der Waals surface area contributed by atoms with Crippen LogP contribution in [0.3, 0.4) is 0 Å². The standard InChI is InChI=1S/C15H19N3O/c1-5-13-17-12(16)8-14(18-13)19-15-10(3)7-6-9(2)11(15)4/h6-8H,5H2,1-4H3,(H2,16,17,18). The maximum Gasteiger partial charge on any atom is 0.224 e. The van der Waals surface area contributed by atoms with E-state index < -0.39 is 0 Å². The average molecular weight is 257 g/mol. The number of benzene rings is 1. The highest BCUT2D eigenvalue weighted by Crippen LogP contribution is 2.30. The van der Waals surface area contributed by atoms with Crippen LogP contribution >= 0.6 is 0 Å². The lowest BCUT2D eigenvalue weighted by atomic mass is 10.1. The van der Waals surface area contributed by atoms with Gasteiger partial charge in [-0.05, 0) is 37.5 Å². The van der Waals surface area contributed by atoms with Gasteiger partial charge in [-0.3, -0.25) is 0 Å². The van der Waals surface area contributed by atoms with Crippen molar-refractivity contribution in [2.75, 3.05) is 5.73 Å². The van der Waals surface area contributed by atoms with Crippen LogP contribution in [0.25, 0.3) is 0 Å². The van der Waals surface area contributed by atoms with E-state index in [-0.39, 0.29) is 0 Å². The molecular weight excluding hydrogens is 238 g/mol. The van der Waals surface area contributed by atoms with Crippen LogP contribution in [0.1, 0.15) is 29.4 Å². The molecule has 2 aromatic rings. The van der Waals surface area contributed by atoms with Gasteiger partial charge in [0.25, 0.3) is 0 Å². The summed E-state index contributed by atoms with van der Waals surface area (Å²) in [5.74, 6) is 2.48. The third-order valence-corrected chi connectivity index (χ3v) is 3.17. The summed E-state index contributed by atoms with van der Waals surface area (Å²) in [4.78, 5) is 8.49. The lowest BCUT2D eigenvalue weighted by Gasteiger charge is -2.13. The van der Waals surface area contributed by atoms with Crippen LogP contribution in [-0.2, 0) is 6.42 Å². The summed E-state index contributed by atoms with van der Waals surface area (Å²) in [6, 6.07) is 5.78. The Morgan fingerprint density at radius 2 is 1.79 bits per heavy atom. The molecule has 0 radical (unpaired) electrons. The molecule has 0 bridgehead atoms. The summed E-state index contributed by atoms with van der Waals surface area (Å²) in [6.45, 7) is 8.12. The van der Waals surface area contributed by atoms with Gasteiger partial charge in [-0.1, -0.05) is 19.1 Å². The summed E-state index contributed by atoms with van der Waals surface area (Å²) in [7, 11) is 0. The summed E-state index contributed by atoms with van der Waals surface area (Å²) in [5, 5.41) is 0. The normalized spacial score (nSPS) is 10.5. The van der Waals surface area contributed by atoms with Crippen molar-refractivity contribution in [3.05, 3.63) is 40.7 Å². The molecule has 2 rings (SSSR count). The third kappa shape index (κ3) is 2.84. The highest BCUT2D eigenvalue weighted by molar-refractivity contribution is 5.47. The quantitative estimate of drug-likeness (QED) is 0.916. The van der Waals surface area contributed by atoms with Gasteiger partial charge in [-0.25, -0.2) is 4.98 Å². The van der Waals surface area contributed by atoms with Crippen molar-refractivity contribution in [2.45, 2.75) is 34.1 Å². The van der Waals surface area contributed by atoms with E-state index in [1.54, 1.807) is 6.07 Å². The molecule has 0 amide bonds. The summed E-state index contributed by atoms with van der Waals surface area (Å²) >= 11 is 0. The van der Waals surface area contributed by atoms with Crippen LogP contribution in [0.2, 0.25) is 0 Å². The molecular formula is C15H19N3O. The molecule has 1 aromatic carbocycles. The highest BCUT2D eigenvalue weighted by Gasteiger charge is 2.10. The molecule has 0 saturated heterocycles. The first kappa shape index (κ1) is 13.3. The van der Waals surface area contributed by atoms with Gasteiger partial charge in [-0.2, -0.15) is 4.98 Å². The molecule has 1 aromatic heterocycles. The van der Waals surface area contributed by atoms with E-state index in [0.29, 0.717) is 17.5 Å². The first-order chi connectivity index (χ1) is 9.01. The van der Waals surface area contributed by atoms with E-state index in [4.69, 9.17) is 10.5 Å². The Balaban J connectivity index is 2.41. The van der Waals surface area contributed by atoms with Crippen molar-refractivity contribution in [1.82, 2.24) is 9.97 Å². The van der Waals surface area contributed by atoms with Crippen molar-refractivity contribution in [3.63, 3.8) is 0 Å². The number of anilines is 1. The van der Waals surface area contributed by atoms with Crippen molar-refractivity contribution in [2.24, 2.45) is 0 Å². The maximum atomic E-state index is 5.91. The van der Waals surface area contributed by atoms with E-state index in [9.17, 15) is 0 Å². The molecule has 1 heterocycles. The lowest BCUT2D eigenvalue weighted by Crippen LogP contribution is -2.02. The molecule has 2 N–H and O–H groups in total. The SMILES string of the molecule is CCc1nc(N)cc(Oc2c(C)ccc(C)c2C)n1. The van der Waals surface area contributed by atoms with Crippen molar-refractivity contribution < 1.29 is 4.74 Å². The maximum absolute atomic E-state index is 5.91. The fraction of sp³-hybridized carbons (Fsp3) is 0.333. The summed E-state index contributed by atoms with van der Waals surface area (Å²) in [6.07, 6.45) is 0.729. The number of nitrogen functional groups attached to an aromatic ring is 1. The number of hydrogen-bond acceptors (Lipinski definition) is 4. The number of aromatic nitrogens is 2. The van der Waals surface area contributed by atoms with E-state index in [1.165, 1.54) is 5.56 Å². The fourth-order valence-electron chi connectivity index (χ4n) is 1.89. The van der Waals surface area contributed by atoms with E-state index in [0.717, 1.165) is 23.3 Å². The Labute approximate surface area is 113 Å². The van der Waals surface area contributed by atoms with Gasteiger partial charge >= 0.3 is 0 Å². The zero-order valence-electron chi connectivity index (χ0n) is 11.8. The number of hydrogen-bond donors (Lipinski definition) is 1. The van der Waals surface area contributed by atoms with Crippen molar-refractivity contribution in [1.29, 1.82) is 0 Å². The Morgan fingerprint density at radius 3 is 2.47 bits per heavy atom. The molecule has 100 valence electrons. The molecule has 0 aliphatic rings. The molecule has 0 atom stereocenters. The largest absolute Gasteiger partial charge is 0.438 e. The van der Waals surface area contributed by atoms with Crippen molar-refractivity contribution in [3.8, 4) is 11.6 Å². The monoisotopic (exact) mass is 257 g/mol. The van der Waals surface area contributed by atoms with Gasteiger partial charge in [-0.15, -0.1) is 0 Å². The zero-order valence-corrected chi connectivity index (χ0v) is 11.8. The Bertz CT molecular complexity index is 609. The minimum Gasteiger partial charge on any atom is -0.438 e. The molecule has 4 nitrogen and oxygen atoms in total. The molecule has 0 fully saturated rings. The van der Waals surface area contributed by atoms with Crippen LogP contribution in [-0.4, -0.2) is 9.97 Å². The Hall–Kier alpha value is -2.10. The lowest BCUT2D eigenvalue weighted by molar-refractivity contribution is 0.452. The minimum atomic E-state index is 0.435. The molecule has 0 aliphatic carbocycles. The van der Waals surface area contributed by atoms with Crippen LogP contribution < -0.4 is 10.5 Å². The average Bonchev–Trinajstić information content (AvgIpc) is 2.38. The molecule has 4 heteroatoms. The highest BCUT2D eigenvalue weighted by atomic mass is 16.5. The molecule has 19 heavy (non-hydrogen) atoms. The second-order valence-corrected chi connectivity index (χ2v) is 4.66. The van der Waals surface area contributed by atoms with Crippen LogP contribution in [0.4, 0.5) is 5.82 Å². The van der Waals surface area contributed by atoms with Crippen LogP contribution in [0, 0.1) is 20.8 Å². The molecule has 0 saturated carbocycles. The zero-order chi connectivity index (χ0) is 14.0. The second kappa shape index (κ2) is 5.26. The van der Waals surface area contributed by atoms with Crippen molar-refractivity contribution >= 4 is 5.82 Å². The first-order valence-electron chi connectivity index (χ1n) is 6.39. The van der Waals surface area contributed by atoms with E-state index >= 15 is 0 Å². The molecule has 0 unspecified atom stereocenters. The van der Waals surface area contributed by atoms with Gasteiger partial charge in [0.05, 0.1) is 0 Å². The van der Waals surface area contributed by atoms with Gasteiger partial charge in [0.2, 0.25) is 5.88 Å². The van der Waals surface area contributed by atoms with E-state index in [2.05, 4.69) is 23.0 Å². The van der Waals surface area contributed by atoms with Gasteiger partial charge in [0.15, 0.2) is 0 Å². The molecule has 0 aliphatic heterocycles.